The molecule has 1 heterocycles. The van der Waals surface area contributed by atoms with E-state index >= 15 is 0 Å². The van der Waals surface area contributed by atoms with Gasteiger partial charge in [0.25, 0.3) is 0 Å². The summed E-state index contributed by atoms with van der Waals surface area (Å²) in [5, 5.41) is 2.92. The number of ether oxygens (including phenoxy) is 1. The quantitative estimate of drug-likeness (QED) is 0.752. The van der Waals surface area contributed by atoms with Crippen LogP contribution in [0.25, 0.3) is 0 Å². The fourth-order valence-electron chi connectivity index (χ4n) is 2.33. The summed E-state index contributed by atoms with van der Waals surface area (Å²) in [6.45, 7) is 11.4. The second-order valence-corrected chi connectivity index (χ2v) is 6.49. The molecule has 0 aromatic carbocycles. The van der Waals surface area contributed by atoms with Crippen molar-refractivity contribution in [3.63, 3.8) is 0 Å². The Morgan fingerprint density at radius 2 is 2.11 bits per heavy atom. The second kappa shape index (κ2) is 7.85. The summed E-state index contributed by atoms with van der Waals surface area (Å²) in [5.41, 5.74) is -0.249. The number of carbonyl (C=O) groups is 1. The molecule has 1 saturated heterocycles. The average Bonchev–Trinajstić information content (AvgIpc) is 2.33. The van der Waals surface area contributed by atoms with Crippen molar-refractivity contribution in [2.45, 2.75) is 65.0 Å². The van der Waals surface area contributed by atoms with Gasteiger partial charge in [-0.05, 0) is 53.5 Å². The maximum absolute atomic E-state index is 11.6. The molecule has 0 spiro atoms. The lowest BCUT2D eigenvalue weighted by Gasteiger charge is -2.33. The van der Waals surface area contributed by atoms with Crippen molar-refractivity contribution < 1.29 is 9.53 Å². The van der Waals surface area contributed by atoms with Crippen LogP contribution in [0.5, 0.6) is 0 Å². The molecule has 1 aliphatic rings. The normalized spacial score (nSPS) is 21.4. The van der Waals surface area contributed by atoms with Gasteiger partial charge in [0, 0.05) is 19.1 Å². The number of amides is 1. The Hall–Kier alpha value is -0.610. The van der Waals surface area contributed by atoms with Crippen LogP contribution >= 0.6 is 0 Å². The molecular weight excluding hydrogens is 240 g/mol. The molecule has 1 amide bonds. The largest absolute Gasteiger partial charge is 0.366 e. The Kier molecular flexibility index (Phi) is 6.80. The molecule has 1 fully saturated rings. The highest BCUT2D eigenvalue weighted by Gasteiger charge is 2.17. The Balaban J connectivity index is 2.05. The van der Waals surface area contributed by atoms with Gasteiger partial charge in [-0.2, -0.15) is 0 Å². The molecule has 1 unspecified atom stereocenters. The van der Waals surface area contributed by atoms with Gasteiger partial charge in [-0.25, -0.2) is 0 Å². The summed E-state index contributed by atoms with van der Waals surface area (Å²) >= 11 is 0. The zero-order valence-electron chi connectivity index (χ0n) is 13.0. The molecule has 112 valence electrons. The zero-order valence-corrected chi connectivity index (χ0v) is 13.0. The lowest BCUT2D eigenvalue weighted by atomic mass is 10.0. The summed E-state index contributed by atoms with van der Waals surface area (Å²) in [6, 6.07) is 0.702. The van der Waals surface area contributed by atoms with Gasteiger partial charge in [0.2, 0.25) is 5.91 Å². The minimum atomic E-state index is -0.249. The minimum Gasteiger partial charge on any atom is -0.366 e. The van der Waals surface area contributed by atoms with Crippen LogP contribution in [0.15, 0.2) is 0 Å². The molecule has 0 aliphatic carbocycles. The van der Waals surface area contributed by atoms with Crippen molar-refractivity contribution in [3.05, 3.63) is 0 Å². The number of likely N-dealkylation sites (tertiary alicyclic amines) is 1. The standard InChI is InChI=1S/C15H30N2O2/c1-13-8-5-6-10-17(13)11-7-9-16-14(18)12-19-15(2,3)4/h13H,5-12H2,1-4H3,(H,16,18). The van der Waals surface area contributed by atoms with E-state index in [0.29, 0.717) is 6.04 Å². The molecule has 0 radical (unpaired) electrons. The summed E-state index contributed by atoms with van der Waals surface area (Å²) < 4.78 is 5.43. The summed E-state index contributed by atoms with van der Waals surface area (Å²) in [7, 11) is 0. The third-order valence-electron chi connectivity index (χ3n) is 3.52. The van der Waals surface area contributed by atoms with Crippen molar-refractivity contribution in [1.29, 1.82) is 0 Å². The molecule has 4 heteroatoms. The smallest absolute Gasteiger partial charge is 0.246 e. The number of carbonyl (C=O) groups excluding carboxylic acids is 1. The van der Waals surface area contributed by atoms with Crippen LogP contribution in [0.4, 0.5) is 0 Å². The van der Waals surface area contributed by atoms with Crippen LogP contribution in [0, 0.1) is 0 Å². The van der Waals surface area contributed by atoms with Crippen LogP contribution < -0.4 is 5.32 Å². The predicted octanol–water partition coefficient (Wildman–Crippen LogP) is 2.18. The Morgan fingerprint density at radius 3 is 2.74 bits per heavy atom. The van der Waals surface area contributed by atoms with E-state index in [1.54, 1.807) is 0 Å². The van der Waals surface area contributed by atoms with E-state index in [0.717, 1.165) is 19.5 Å². The van der Waals surface area contributed by atoms with E-state index in [2.05, 4.69) is 17.1 Å². The number of hydrogen-bond donors (Lipinski definition) is 1. The van der Waals surface area contributed by atoms with Crippen LogP contribution in [0.2, 0.25) is 0 Å². The van der Waals surface area contributed by atoms with E-state index in [9.17, 15) is 4.79 Å². The lowest BCUT2D eigenvalue weighted by Crippen LogP contribution is -2.39. The maximum Gasteiger partial charge on any atom is 0.246 e. The molecule has 1 rings (SSSR count). The molecule has 0 aromatic rings. The topological polar surface area (TPSA) is 41.6 Å². The monoisotopic (exact) mass is 270 g/mol. The lowest BCUT2D eigenvalue weighted by molar-refractivity contribution is -0.130. The molecule has 1 atom stereocenters. The Morgan fingerprint density at radius 1 is 1.37 bits per heavy atom. The predicted molar refractivity (Wildman–Crippen MR) is 78.2 cm³/mol. The van der Waals surface area contributed by atoms with Gasteiger partial charge in [0.05, 0.1) is 5.60 Å². The van der Waals surface area contributed by atoms with Gasteiger partial charge in [-0.3, -0.25) is 4.79 Å². The number of rotatable bonds is 6. The van der Waals surface area contributed by atoms with Gasteiger partial charge in [-0.1, -0.05) is 6.42 Å². The first kappa shape index (κ1) is 16.4. The van der Waals surface area contributed by atoms with Crippen molar-refractivity contribution in [1.82, 2.24) is 10.2 Å². The molecule has 4 nitrogen and oxygen atoms in total. The Labute approximate surface area is 117 Å². The second-order valence-electron chi connectivity index (χ2n) is 6.49. The zero-order chi connectivity index (χ0) is 14.3. The molecule has 0 saturated carbocycles. The van der Waals surface area contributed by atoms with Crippen molar-refractivity contribution in [2.75, 3.05) is 26.2 Å². The highest BCUT2D eigenvalue weighted by molar-refractivity contribution is 5.77. The molecule has 0 aromatic heterocycles. The van der Waals surface area contributed by atoms with Crippen LogP contribution in [-0.2, 0) is 9.53 Å². The summed E-state index contributed by atoms with van der Waals surface area (Å²) in [6.07, 6.45) is 5.01. The fraction of sp³-hybridized carbons (Fsp3) is 0.933. The number of nitrogens with zero attached hydrogens (tertiary/aromatic N) is 1. The number of piperidine rings is 1. The third kappa shape index (κ3) is 7.53. The van der Waals surface area contributed by atoms with Gasteiger partial charge in [0.1, 0.15) is 6.61 Å². The minimum absolute atomic E-state index is 0.0124. The van der Waals surface area contributed by atoms with Crippen LogP contribution in [0.3, 0.4) is 0 Å². The maximum atomic E-state index is 11.6. The van der Waals surface area contributed by atoms with Gasteiger partial charge in [0.15, 0.2) is 0 Å². The highest BCUT2D eigenvalue weighted by Crippen LogP contribution is 2.16. The highest BCUT2D eigenvalue weighted by atomic mass is 16.5. The number of hydrogen-bond acceptors (Lipinski definition) is 3. The van der Waals surface area contributed by atoms with E-state index in [-0.39, 0.29) is 18.1 Å². The molecular formula is C15H30N2O2. The average molecular weight is 270 g/mol. The van der Waals surface area contributed by atoms with E-state index in [1.165, 1.54) is 25.8 Å². The van der Waals surface area contributed by atoms with Crippen molar-refractivity contribution in [3.8, 4) is 0 Å². The first-order chi connectivity index (χ1) is 8.88. The summed E-state index contributed by atoms with van der Waals surface area (Å²) in [4.78, 5) is 14.1. The van der Waals surface area contributed by atoms with Gasteiger partial charge >= 0.3 is 0 Å². The first-order valence-corrected chi connectivity index (χ1v) is 7.53. The molecule has 1 N–H and O–H groups in total. The SMILES string of the molecule is CC1CCCCN1CCCNC(=O)COC(C)(C)C. The number of nitrogens with one attached hydrogen (secondary N) is 1. The van der Waals surface area contributed by atoms with E-state index in [4.69, 9.17) is 4.74 Å². The van der Waals surface area contributed by atoms with Crippen LogP contribution in [-0.4, -0.2) is 48.7 Å². The molecule has 1 aliphatic heterocycles. The first-order valence-electron chi connectivity index (χ1n) is 7.53. The Bertz CT molecular complexity index is 274. The van der Waals surface area contributed by atoms with E-state index < -0.39 is 0 Å². The van der Waals surface area contributed by atoms with Gasteiger partial charge in [-0.15, -0.1) is 0 Å². The fourth-order valence-corrected chi connectivity index (χ4v) is 2.33. The van der Waals surface area contributed by atoms with Crippen LogP contribution in [0.1, 0.15) is 53.4 Å². The van der Waals surface area contributed by atoms with Crippen molar-refractivity contribution >= 4 is 5.91 Å². The van der Waals surface area contributed by atoms with Gasteiger partial charge < -0.3 is 15.0 Å². The molecule has 19 heavy (non-hydrogen) atoms. The van der Waals surface area contributed by atoms with E-state index in [1.807, 2.05) is 20.8 Å². The third-order valence-corrected chi connectivity index (χ3v) is 3.52. The molecule has 0 bridgehead atoms. The summed E-state index contributed by atoms with van der Waals surface area (Å²) in [5.74, 6) is -0.0124. The van der Waals surface area contributed by atoms with Crippen molar-refractivity contribution in [2.24, 2.45) is 0 Å².